The van der Waals surface area contributed by atoms with Crippen LogP contribution in [-0.2, 0) is 0 Å². The van der Waals surface area contributed by atoms with Crippen LogP contribution < -0.4 is 10.1 Å². The molecule has 0 amide bonds. The minimum absolute atomic E-state index is 0.853. The predicted octanol–water partition coefficient (Wildman–Crippen LogP) is 8.46. The van der Waals surface area contributed by atoms with Gasteiger partial charge in [-0.15, -0.1) is 0 Å². The van der Waals surface area contributed by atoms with Gasteiger partial charge in [0.05, 0.1) is 24.2 Å². The molecule has 1 fully saturated rings. The summed E-state index contributed by atoms with van der Waals surface area (Å²) in [6.45, 7) is 14.1. The van der Waals surface area contributed by atoms with Gasteiger partial charge >= 0.3 is 0 Å². The minimum atomic E-state index is 0.853. The lowest BCUT2D eigenvalue weighted by atomic mass is 9.91. The van der Waals surface area contributed by atoms with E-state index in [1.165, 1.54) is 44.1 Å². The van der Waals surface area contributed by atoms with E-state index in [0.717, 1.165) is 60.1 Å². The second kappa shape index (κ2) is 16.6. The van der Waals surface area contributed by atoms with Crippen molar-refractivity contribution < 1.29 is 4.74 Å². The van der Waals surface area contributed by atoms with Crippen molar-refractivity contribution in [2.24, 2.45) is 10.9 Å². The topological polar surface area (TPSA) is 33.6 Å². The number of hydrogen-bond acceptors (Lipinski definition) is 3. The number of allylic oxidation sites excluding steroid dienone is 2. The zero-order valence-electron chi connectivity index (χ0n) is 21.9. The van der Waals surface area contributed by atoms with Crippen LogP contribution in [0.15, 0.2) is 52.3 Å². The van der Waals surface area contributed by atoms with Gasteiger partial charge in [0.2, 0.25) is 0 Å². The highest BCUT2D eigenvalue weighted by atomic mass is 16.5. The maximum atomic E-state index is 5.53. The van der Waals surface area contributed by atoms with Crippen LogP contribution in [0.1, 0.15) is 105 Å². The number of aliphatic imine (C=N–C) groups is 1. The molecule has 1 aromatic carbocycles. The first-order valence-electron chi connectivity index (χ1n) is 12.8. The van der Waals surface area contributed by atoms with Gasteiger partial charge in [0, 0.05) is 12.1 Å². The Balaban J connectivity index is 0.000000616. The molecule has 1 N–H and O–H groups in total. The van der Waals surface area contributed by atoms with Crippen molar-refractivity contribution in [3.05, 3.63) is 52.9 Å². The zero-order chi connectivity index (χ0) is 23.8. The monoisotopic (exact) mass is 440 g/mol. The van der Waals surface area contributed by atoms with Gasteiger partial charge in [-0.3, -0.25) is 4.99 Å². The molecule has 3 nitrogen and oxygen atoms in total. The number of hydrogen-bond donors (Lipinski definition) is 1. The van der Waals surface area contributed by atoms with Crippen LogP contribution in [0.3, 0.4) is 0 Å². The molecular weight excluding hydrogens is 392 g/mol. The van der Waals surface area contributed by atoms with Crippen molar-refractivity contribution >= 4 is 5.71 Å². The molecule has 0 aromatic heterocycles. The molecule has 0 spiro atoms. The summed E-state index contributed by atoms with van der Waals surface area (Å²) in [6, 6.07) is 8.10. The third-order valence-corrected chi connectivity index (χ3v) is 5.88. The fourth-order valence-electron chi connectivity index (χ4n) is 3.95. The fraction of sp³-hybridized carbons (Fsp3) is 0.621. The lowest BCUT2D eigenvalue weighted by Gasteiger charge is -2.16. The Morgan fingerprint density at radius 2 is 1.78 bits per heavy atom. The predicted molar refractivity (Wildman–Crippen MR) is 142 cm³/mol. The SMILES string of the molecule is CC/C=C(\NCCCC)C(N=C(CC)c1ccccc1OC)=C(C)C.CC1CCCCC1. The Labute approximate surface area is 198 Å². The Bertz CT molecular complexity index is 735. The molecule has 180 valence electrons. The molecule has 3 heteroatoms. The van der Waals surface area contributed by atoms with E-state index in [-0.39, 0.29) is 0 Å². The molecule has 0 heterocycles. The van der Waals surface area contributed by atoms with E-state index in [1.54, 1.807) is 7.11 Å². The van der Waals surface area contributed by atoms with Gasteiger partial charge in [0.1, 0.15) is 5.75 Å². The van der Waals surface area contributed by atoms with Crippen molar-refractivity contribution in [2.75, 3.05) is 13.7 Å². The number of nitrogens with zero attached hydrogens (tertiary/aromatic N) is 1. The molecule has 2 rings (SSSR count). The molecule has 1 aromatic rings. The van der Waals surface area contributed by atoms with Crippen LogP contribution in [0.2, 0.25) is 0 Å². The van der Waals surface area contributed by atoms with E-state index >= 15 is 0 Å². The van der Waals surface area contributed by atoms with Crippen LogP contribution in [0.25, 0.3) is 0 Å². The number of unbranched alkanes of at least 4 members (excludes halogenated alkanes) is 1. The zero-order valence-corrected chi connectivity index (χ0v) is 21.9. The lowest BCUT2D eigenvalue weighted by molar-refractivity contribution is 0.385. The van der Waals surface area contributed by atoms with Crippen LogP contribution in [0.4, 0.5) is 0 Å². The summed E-state index contributed by atoms with van der Waals surface area (Å²) in [5, 5.41) is 3.58. The molecule has 0 radical (unpaired) electrons. The van der Waals surface area contributed by atoms with Gasteiger partial charge in [-0.05, 0) is 56.7 Å². The summed E-state index contributed by atoms with van der Waals surface area (Å²) in [5.74, 6) is 1.91. The second-order valence-electron chi connectivity index (χ2n) is 9.01. The van der Waals surface area contributed by atoms with Gasteiger partial charge in [0.25, 0.3) is 0 Å². The van der Waals surface area contributed by atoms with E-state index in [4.69, 9.17) is 9.73 Å². The highest BCUT2D eigenvalue weighted by Crippen LogP contribution is 2.24. The highest BCUT2D eigenvalue weighted by Gasteiger charge is 2.12. The molecule has 0 bridgehead atoms. The summed E-state index contributed by atoms with van der Waals surface area (Å²) < 4.78 is 5.53. The van der Waals surface area contributed by atoms with Gasteiger partial charge in [-0.25, -0.2) is 0 Å². The lowest BCUT2D eigenvalue weighted by Crippen LogP contribution is -2.17. The maximum Gasteiger partial charge on any atom is 0.127 e. The van der Waals surface area contributed by atoms with Crippen LogP contribution in [-0.4, -0.2) is 19.4 Å². The molecule has 0 atom stereocenters. The molecule has 32 heavy (non-hydrogen) atoms. The number of nitrogens with one attached hydrogen (secondary N) is 1. The van der Waals surface area contributed by atoms with Crippen LogP contribution in [0.5, 0.6) is 5.75 Å². The molecule has 1 aliphatic rings. The first-order valence-corrected chi connectivity index (χ1v) is 12.8. The van der Waals surface area contributed by atoms with E-state index in [9.17, 15) is 0 Å². The summed E-state index contributed by atoms with van der Waals surface area (Å²) in [4.78, 5) is 5.06. The quantitative estimate of drug-likeness (QED) is 0.225. The second-order valence-corrected chi connectivity index (χ2v) is 9.01. The first kappa shape index (κ1) is 28.0. The molecule has 0 saturated heterocycles. The van der Waals surface area contributed by atoms with Gasteiger partial charge in [0.15, 0.2) is 0 Å². The third kappa shape index (κ3) is 10.1. The van der Waals surface area contributed by atoms with Gasteiger partial charge in [-0.1, -0.05) is 84.4 Å². The minimum Gasteiger partial charge on any atom is -0.496 e. The molecule has 1 aliphatic carbocycles. The van der Waals surface area contributed by atoms with Gasteiger partial charge in [-0.2, -0.15) is 0 Å². The van der Waals surface area contributed by atoms with E-state index in [1.807, 2.05) is 18.2 Å². The molecule has 1 saturated carbocycles. The number of methoxy groups -OCH3 is 1. The molecule has 0 unspecified atom stereocenters. The fourth-order valence-corrected chi connectivity index (χ4v) is 3.95. The van der Waals surface area contributed by atoms with E-state index in [0.29, 0.717) is 0 Å². The molecular formula is C29H48N2O. The Kier molecular flexibility index (Phi) is 14.5. The Hall–Kier alpha value is -2.03. The van der Waals surface area contributed by atoms with E-state index in [2.05, 4.69) is 59.0 Å². The largest absolute Gasteiger partial charge is 0.496 e. The number of benzene rings is 1. The van der Waals surface area contributed by atoms with Crippen molar-refractivity contribution in [2.45, 2.75) is 99.3 Å². The summed E-state index contributed by atoms with van der Waals surface area (Å²) in [7, 11) is 1.71. The number of ether oxygens (including phenoxy) is 1. The standard InChI is InChI=1S/C22H34N2O.C7H14/c1-7-10-16-23-20(13-8-2)22(17(4)5)24-19(9-3)18-14-11-12-15-21(18)25-6;1-7-5-3-2-4-6-7/h11-15,23H,7-10,16H2,1-6H3;7H,2-6H2,1H3/b20-13-,24-19?;. The number of rotatable bonds is 10. The van der Waals surface area contributed by atoms with Crippen LogP contribution >= 0.6 is 0 Å². The third-order valence-electron chi connectivity index (χ3n) is 5.88. The van der Waals surface area contributed by atoms with Crippen molar-refractivity contribution in [3.8, 4) is 5.75 Å². The van der Waals surface area contributed by atoms with E-state index < -0.39 is 0 Å². The first-order chi connectivity index (χ1) is 15.5. The maximum absolute atomic E-state index is 5.53. The number of para-hydroxylation sites is 1. The summed E-state index contributed by atoms with van der Waals surface area (Å²) in [6.07, 6.45) is 13.8. The average molecular weight is 441 g/mol. The molecule has 0 aliphatic heterocycles. The average Bonchev–Trinajstić information content (AvgIpc) is 2.80. The Morgan fingerprint density at radius 1 is 1.09 bits per heavy atom. The smallest absolute Gasteiger partial charge is 0.127 e. The summed E-state index contributed by atoms with van der Waals surface area (Å²) in [5.41, 5.74) is 5.51. The van der Waals surface area contributed by atoms with Crippen LogP contribution in [0, 0.1) is 5.92 Å². The van der Waals surface area contributed by atoms with Gasteiger partial charge < -0.3 is 10.1 Å². The van der Waals surface area contributed by atoms with Crippen molar-refractivity contribution in [1.29, 1.82) is 0 Å². The Morgan fingerprint density at radius 3 is 2.28 bits per heavy atom. The summed E-state index contributed by atoms with van der Waals surface area (Å²) >= 11 is 0. The van der Waals surface area contributed by atoms with Crippen molar-refractivity contribution in [1.82, 2.24) is 5.32 Å². The van der Waals surface area contributed by atoms with Crippen molar-refractivity contribution in [3.63, 3.8) is 0 Å². The highest BCUT2D eigenvalue weighted by molar-refractivity contribution is 6.03. The normalized spacial score (nSPS) is 15.0.